The van der Waals surface area contributed by atoms with Crippen molar-refractivity contribution < 1.29 is 0 Å². The average molecular weight is 172 g/mol. The zero-order chi connectivity index (χ0) is 9.84. The first-order valence-electron chi connectivity index (χ1n) is 4.72. The Labute approximate surface area is 81.0 Å². The Kier molecular flexibility index (Phi) is 3.14. The van der Waals surface area contributed by atoms with E-state index in [1.165, 1.54) is 16.7 Å². The van der Waals surface area contributed by atoms with E-state index >= 15 is 0 Å². The summed E-state index contributed by atoms with van der Waals surface area (Å²) in [6.07, 6.45) is 6.47. The van der Waals surface area contributed by atoms with Crippen LogP contribution in [0.4, 0.5) is 0 Å². The molecule has 68 valence electrons. The van der Waals surface area contributed by atoms with Crippen LogP contribution in [0.15, 0.2) is 18.2 Å². The molecule has 0 aliphatic rings. The molecule has 1 aromatic carbocycles. The Bertz CT molecular complexity index is 328. The standard InChI is InChI=1S/C13H16/c1-5-12(6-2)13-8-7-10(3)11(4)9-13/h1,7-9,12H,6H2,2-4H3. The van der Waals surface area contributed by atoms with Gasteiger partial charge in [0.15, 0.2) is 0 Å². The molecule has 0 nitrogen and oxygen atoms in total. The first-order chi connectivity index (χ1) is 6.19. The molecule has 0 heteroatoms. The van der Waals surface area contributed by atoms with Crippen molar-refractivity contribution in [2.45, 2.75) is 33.1 Å². The summed E-state index contributed by atoms with van der Waals surface area (Å²) < 4.78 is 0. The Hall–Kier alpha value is -1.22. The van der Waals surface area contributed by atoms with Gasteiger partial charge in [-0.1, -0.05) is 31.0 Å². The highest BCUT2D eigenvalue weighted by atomic mass is 14.1. The number of aryl methyl sites for hydroxylation is 2. The fourth-order valence-electron chi connectivity index (χ4n) is 1.43. The minimum Gasteiger partial charge on any atom is -0.119 e. The van der Waals surface area contributed by atoms with Gasteiger partial charge in [-0.2, -0.15) is 0 Å². The molecule has 1 atom stereocenters. The molecule has 1 rings (SSSR count). The van der Waals surface area contributed by atoms with Gasteiger partial charge in [-0.25, -0.2) is 0 Å². The molecule has 0 radical (unpaired) electrons. The zero-order valence-corrected chi connectivity index (χ0v) is 8.59. The molecule has 0 aliphatic carbocycles. The fourth-order valence-corrected chi connectivity index (χ4v) is 1.43. The summed E-state index contributed by atoms with van der Waals surface area (Å²) in [4.78, 5) is 0. The first-order valence-corrected chi connectivity index (χ1v) is 4.72. The molecule has 1 unspecified atom stereocenters. The summed E-state index contributed by atoms with van der Waals surface area (Å²) in [5.74, 6) is 3.09. The maximum atomic E-state index is 5.45. The largest absolute Gasteiger partial charge is 0.119 e. The summed E-state index contributed by atoms with van der Waals surface area (Å²) in [7, 11) is 0. The van der Waals surface area contributed by atoms with Crippen molar-refractivity contribution >= 4 is 0 Å². The highest BCUT2D eigenvalue weighted by Gasteiger charge is 2.05. The third kappa shape index (κ3) is 2.12. The van der Waals surface area contributed by atoms with Crippen molar-refractivity contribution in [2.24, 2.45) is 0 Å². The van der Waals surface area contributed by atoms with Gasteiger partial charge in [0, 0.05) is 5.92 Å². The second-order valence-corrected chi connectivity index (χ2v) is 3.47. The lowest BCUT2D eigenvalue weighted by molar-refractivity contribution is 0.829. The quantitative estimate of drug-likeness (QED) is 0.599. The lowest BCUT2D eigenvalue weighted by atomic mass is 9.94. The van der Waals surface area contributed by atoms with E-state index in [-0.39, 0.29) is 5.92 Å². The van der Waals surface area contributed by atoms with Crippen LogP contribution in [0.2, 0.25) is 0 Å². The van der Waals surface area contributed by atoms with E-state index in [2.05, 4.69) is 44.9 Å². The van der Waals surface area contributed by atoms with Crippen LogP contribution in [0.5, 0.6) is 0 Å². The van der Waals surface area contributed by atoms with Crippen molar-refractivity contribution in [1.82, 2.24) is 0 Å². The molecule has 0 fully saturated rings. The van der Waals surface area contributed by atoms with Crippen molar-refractivity contribution in [3.05, 3.63) is 34.9 Å². The van der Waals surface area contributed by atoms with Crippen LogP contribution in [0.25, 0.3) is 0 Å². The van der Waals surface area contributed by atoms with Crippen LogP contribution in [0.1, 0.15) is 36.0 Å². The number of rotatable bonds is 2. The van der Waals surface area contributed by atoms with Gasteiger partial charge in [-0.05, 0) is 37.0 Å². The van der Waals surface area contributed by atoms with Crippen molar-refractivity contribution in [1.29, 1.82) is 0 Å². The second-order valence-electron chi connectivity index (χ2n) is 3.47. The summed E-state index contributed by atoms with van der Waals surface area (Å²) >= 11 is 0. The molecule has 0 heterocycles. The van der Waals surface area contributed by atoms with Crippen LogP contribution in [-0.4, -0.2) is 0 Å². The third-order valence-electron chi connectivity index (χ3n) is 2.54. The van der Waals surface area contributed by atoms with E-state index in [1.54, 1.807) is 0 Å². The first kappa shape index (κ1) is 9.86. The van der Waals surface area contributed by atoms with E-state index in [1.807, 2.05) is 0 Å². The van der Waals surface area contributed by atoms with E-state index < -0.39 is 0 Å². The van der Waals surface area contributed by atoms with Gasteiger partial charge >= 0.3 is 0 Å². The Morgan fingerprint density at radius 1 is 1.31 bits per heavy atom. The molecule has 0 aromatic heterocycles. The lowest BCUT2D eigenvalue weighted by Crippen LogP contribution is -1.94. The molecule has 1 aromatic rings. The van der Waals surface area contributed by atoms with E-state index in [0.29, 0.717) is 0 Å². The van der Waals surface area contributed by atoms with Crippen molar-refractivity contribution in [3.8, 4) is 12.3 Å². The highest BCUT2D eigenvalue weighted by molar-refractivity contribution is 5.34. The topological polar surface area (TPSA) is 0 Å². The predicted molar refractivity (Wildman–Crippen MR) is 57.8 cm³/mol. The molecule has 13 heavy (non-hydrogen) atoms. The van der Waals surface area contributed by atoms with Crippen molar-refractivity contribution in [3.63, 3.8) is 0 Å². The predicted octanol–water partition coefficient (Wildman–Crippen LogP) is 3.43. The molecular formula is C13H16. The van der Waals surface area contributed by atoms with Crippen molar-refractivity contribution in [2.75, 3.05) is 0 Å². The van der Waals surface area contributed by atoms with Gasteiger partial charge < -0.3 is 0 Å². The molecular weight excluding hydrogens is 156 g/mol. The molecule has 0 aliphatic heterocycles. The average Bonchev–Trinajstić information content (AvgIpc) is 2.13. The monoisotopic (exact) mass is 172 g/mol. The minimum atomic E-state index is 0.277. The summed E-state index contributed by atoms with van der Waals surface area (Å²) in [6.45, 7) is 6.37. The Morgan fingerprint density at radius 3 is 2.46 bits per heavy atom. The van der Waals surface area contributed by atoms with Gasteiger partial charge in [0.1, 0.15) is 0 Å². The van der Waals surface area contributed by atoms with Gasteiger partial charge in [-0.3, -0.25) is 0 Å². The van der Waals surface area contributed by atoms with Gasteiger partial charge in [0.25, 0.3) is 0 Å². The van der Waals surface area contributed by atoms with Gasteiger partial charge in [0.2, 0.25) is 0 Å². The van der Waals surface area contributed by atoms with E-state index in [0.717, 1.165) is 6.42 Å². The van der Waals surface area contributed by atoms with Crippen LogP contribution < -0.4 is 0 Å². The van der Waals surface area contributed by atoms with Crippen LogP contribution in [0.3, 0.4) is 0 Å². The second kappa shape index (κ2) is 4.14. The van der Waals surface area contributed by atoms with Crippen LogP contribution >= 0.6 is 0 Å². The fraction of sp³-hybridized carbons (Fsp3) is 0.385. The number of hydrogen-bond acceptors (Lipinski definition) is 0. The highest BCUT2D eigenvalue weighted by Crippen LogP contribution is 2.20. The molecule has 0 saturated heterocycles. The van der Waals surface area contributed by atoms with Gasteiger partial charge in [-0.15, -0.1) is 6.42 Å². The van der Waals surface area contributed by atoms with Gasteiger partial charge in [0.05, 0.1) is 0 Å². The molecule has 0 saturated carbocycles. The normalized spacial score (nSPS) is 12.2. The number of hydrogen-bond donors (Lipinski definition) is 0. The summed E-state index contributed by atoms with van der Waals surface area (Å²) in [6, 6.07) is 6.48. The Morgan fingerprint density at radius 2 is 2.00 bits per heavy atom. The maximum Gasteiger partial charge on any atom is 0.0447 e. The number of terminal acetylenes is 1. The van der Waals surface area contributed by atoms with E-state index in [4.69, 9.17) is 6.42 Å². The SMILES string of the molecule is C#CC(CC)c1ccc(C)c(C)c1. The van der Waals surface area contributed by atoms with Crippen LogP contribution in [0, 0.1) is 26.2 Å². The number of benzene rings is 1. The van der Waals surface area contributed by atoms with E-state index in [9.17, 15) is 0 Å². The lowest BCUT2D eigenvalue weighted by Gasteiger charge is -2.10. The molecule has 0 bridgehead atoms. The molecule has 0 amide bonds. The smallest absolute Gasteiger partial charge is 0.0447 e. The molecule has 0 N–H and O–H groups in total. The minimum absolute atomic E-state index is 0.277. The Balaban J connectivity index is 3.04. The van der Waals surface area contributed by atoms with Crippen LogP contribution in [-0.2, 0) is 0 Å². The molecule has 0 spiro atoms. The third-order valence-corrected chi connectivity index (χ3v) is 2.54. The zero-order valence-electron chi connectivity index (χ0n) is 8.59. The summed E-state index contributed by atoms with van der Waals surface area (Å²) in [5.41, 5.74) is 3.93. The summed E-state index contributed by atoms with van der Waals surface area (Å²) in [5, 5.41) is 0. The maximum absolute atomic E-state index is 5.45.